The fourth-order valence-electron chi connectivity index (χ4n) is 3.23. The van der Waals surface area contributed by atoms with Gasteiger partial charge in [0.05, 0.1) is 21.9 Å². The van der Waals surface area contributed by atoms with Gasteiger partial charge in [-0.1, -0.05) is 36.4 Å². The molecule has 0 saturated carbocycles. The fraction of sp³-hybridized carbons (Fsp3) is 0. The number of hydrogen-bond acceptors (Lipinski definition) is 2. The van der Waals surface area contributed by atoms with Gasteiger partial charge in [0.25, 0.3) is 0 Å². The van der Waals surface area contributed by atoms with Crippen molar-refractivity contribution in [2.75, 3.05) is 0 Å². The first-order valence-corrected chi connectivity index (χ1v) is 6.88. The second-order valence-electron chi connectivity index (χ2n) is 5.32. The normalized spacial score (nSPS) is 12.0. The molecular formula is C18H10N2O. The molecule has 0 saturated heterocycles. The molecule has 21 heavy (non-hydrogen) atoms. The molecule has 0 unspecified atom stereocenters. The van der Waals surface area contributed by atoms with E-state index in [1.54, 1.807) is 6.07 Å². The van der Waals surface area contributed by atoms with Crippen LogP contribution in [0.1, 0.15) is 0 Å². The van der Waals surface area contributed by atoms with Gasteiger partial charge in [0.15, 0.2) is 5.43 Å². The highest BCUT2D eigenvalue weighted by atomic mass is 16.1. The molecule has 3 nitrogen and oxygen atoms in total. The fourth-order valence-corrected chi connectivity index (χ4v) is 3.23. The molecule has 5 rings (SSSR count). The number of pyridine rings is 1. The van der Waals surface area contributed by atoms with Crippen molar-refractivity contribution in [3.8, 4) is 0 Å². The second kappa shape index (κ2) is 3.58. The SMILES string of the molecule is O=c1ccc2cccc3[nH]c4c5ccccc5nc4c1c23. The Bertz CT molecular complexity index is 1200. The summed E-state index contributed by atoms with van der Waals surface area (Å²) in [7, 11) is 0. The van der Waals surface area contributed by atoms with Gasteiger partial charge in [-0.05, 0) is 23.6 Å². The number of benzene rings is 3. The lowest BCUT2D eigenvalue weighted by Crippen LogP contribution is -2.01. The standard InChI is InChI=1S/C18H10N2O/c21-14-9-8-10-4-3-7-13-15(10)16(14)18-17(20-13)11-5-1-2-6-12(11)19-18/h1-9,20H. The van der Waals surface area contributed by atoms with Crippen LogP contribution in [0.25, 0.3) is 43.6 Å². The zero-order chi connectivity index (χ0) is 14.0. The van der Waals surface area contributed by atoms with Crippen LogP contribution in [0.4, 0.5) is 0 Å². The first-order chi connectivity index (χ1) is 10.3. The predicted molar refractivity (Wildman–Crippen MR) is 86.1 cm³/mol. The van der Waals surface area contributed by atoms with E-state index in [4.69, 9.17) is 0 Å². The molecule has 3 aromatic carbocycles. The summed E-state index contributed by atoms with van der Waals surface area (Å²) >= 11 is 0. The summed E-state index contributed by atoms with van der Waals surface area (Å²) < 4.78 is 0. The lowest BCUT2D eigenvalue weighted by molar-refractivity contribution is 1.50. The molecule has 2 heterocycles. The number of rotatable bonds is 0. The number of nitrogens with zero attached hydrogens (tertiary/aromatic N) is 1. The lowest BCUT2D eigenvalue weighted by Gasteiger charge is -2.06. The third-order valence-electron chi connectivity index (χ3n) is 4.15. The maximum atomic E-state index is 12.4. The zero-order valence-corrected chi connectivity index (χ0v) is 11.1. The van der Waals surface area contributed by atoms with Crippen LogP contribution in [0, 0.1) is 0 Å². The highest BCUT2D eigenvalue weighted by Crippen LogP contribution is 2.32. The quantitative estimate of drug-likeness (QED) is 0.465. The minimum Gasteiger partial charge on any atom is -0.353 e. The second-order valence-corrected chi connectivity index (χ2v) is 5.32. The number of aromatic amines is 1. The Balaban J connectivity index is 2.24. The van der Waals surface area contributed by atoms with Gasteiger partial charge < -0.3 is 4.98 Å². The third-order valence-corrected chi connectivity index (χ3v) is 4.15. The number of nitrogens with one attached hydrogen (secondary N) is 1. The summed E-state index contributed by atoms with van der Waals surface area (Å²) in [6.07, 6.45) is 0. The van der Waals surface area contributed by atoms with E-state index in [9.17, 15) is 4.79 Å². The van der Waals surface area contributed by atoms with Gasteiger partial charge in [-0.3, -0.25) is 4.79 Å². The highest BCUT2D eigenvalue weighted by Gasteiger charge is 2.14. The van der Waals surface area contributed by atoms with Gasteiger partial charge in [-0.2, -0.15) is 0 Å². The number of H-pyrrole nitrogens is 1. The summed E-state index contributed by atoms with van der Waals surface area (Å²) in [5.74, 6) is 0. The maximum Gasteiger partial charge on any atom is 0.188 e. The molecule has 1 N–H and O–H groups in total. The smallest absolute Gasteiger partial charge is 0.188 e. The van der Waals surface area contributed by atoms with E-state index in [2.05, 4.69) is 9.97 Å². The molecule has 5 aromatic rings. The molecule has 0 aliphatic rings. The monoisotopic (exact) mass is 270 g/mol. The first kappa shape index (κ1) is 10.8. The molecule has 0 amide bonds. The zero-order valence-electron chi connectivity index (χ0n) is 11.1. The van der Waals surface area contributed by atoms with E-state index < -0.39 is 0 Å². The maximum absolute atomic E-state index is 12.4. The van der Waals surface area contributed by atoms with Crippen molar-refractivity contribution in [2.45, 2.75) is 0 Å². The molecule has 3 heteroatoms. The number of fused-ring (bicyclic) bond motifs is 4. The minimum atomic E-state index is 0.0282. The van der Waals surface area contributed by atoms with Crippen molar-refractivity contribution in [1.29, 1.82) is 0 Å². The Kier molecular flexibility index (Phi) is 1.84. The number of hydrogen-bond donors (Lipinski definition) is 1. The van der Waals surface area contributed by atoms with Crippen LogP contribution in [-0.2, 0) is 0 Å². The first-order valence-electron chi connectivity index (χ1n) is 6.88. The summed E-state index contributed by atoms with van der Waals surface area (Å²) in [6, 6.07) is 17.5. The van der Waals surface area contributed by atoms with Gasteiger partial charge >= 0.3 is 0 Å². The van der Waals surface area contributed by atoms with Crippen LogP contribution in [0.3, 0.4) is 0 Å². The van der Waals surface area contributed by atoms with E-state index in [1.165, 1.54) is 0 Å². The predicted octanol–water partition coefficient (Wildman–Crippen LogP) is 3.82. The Morgan fingerprint density at radius 1 is 0.857 bits per heavy atom. The van der Waals surface area contributed by atoms with E-state index in [0.717, 1.165) is 38.2 Å². The van der Waals surface area contributed by atoms with Gasteiger partial charge in [0.1, 0.15) is 0 Å². The Morgan fingerprint density at radius 2 is 1.76 bits per heavy atom. The van der Waals surface area contributed by atoms with Crippen molar-refractivity contribution in [3.05, 3.63) is 64.8 Å². The lowest BCUT2D eigenvalue weighted by atomic mass is 10.0. The van der Waals surface area contributed by atoms with Gasteiger partial charge in [0.2, 0.25) is 0 Å². The average molecular weight is 270 g/mol. The Morgan fingerprint density at radius 3 is 2.71 bits per heavy atom. The molecule has 0 radical (unpaired) electrons. The molecule has 0 atom stereocenters. The van der Waals surface area contributed by atoms with Crippen LogP contribution in [-0.4, -0.2) is 9.97 Å². The van der Waals surface area contributed by atoms with Crippen molar-refractivity contribution >= 4 is 43.6 Å². The van der Waals surface area contributed by atoms with Gasteiger partial charge in [-0.15, -0.1) is 0 Å². The van der Waals surface area contributed by atoms with Crippen molar-refractivity contribution in [1.82, 2.24) is 9.97 Å². The van der Waals surface area contributed by atoms with E-state index in [1.807, 2.05) is 48.5 Å². The van der Waals surface area contributed by atoms with Crippen LogP contribution in [0.5, 0.6) is 0 Å². The third kappa shape index (κ3) is 1.28. The van der Waals surface area contributed by atoms with E-state index >= 15 is 0 Å². The highest BCUT2D eigenvalue weighted by molar-refractivity contribution is 6.22. The van der Waals surface area contributed by atoms with E-state index in [-0.39, 0.29) is 5.43 Å². The number of para-hydroxylation sites is 1. The average Bonchev–Trinajstić information content (AvgIpc) is 2.88. The minimum absolute atomic E-state index is 0.0282. The van der Waals surface area contributed by atoms with Crippen molar-refractivity contribution < 1.29 is 0 Å². The van der Waals surface area contributed by atoms with Gasteiger partial charge in [0, 0.05) is 16.3 Å². The van der Waals surface area contributed by atoms with Crippen LogP contribution in [0.15, 0.2) is 59.4 Å². The molecule has 98 valence electrons. The molecule has 0 aliphatic heterocycles. The molecule has 0 aliphatic carbocycles. The molecule has 0 fully saturated rings. The summed E-state index contributed by atoms with van der Waals surface area (Å²) in [6.45, 7) is 0. The molecular weight excluding hydrogens is 260 g/mol. The summed E-state index contributed by atoms with van der Waals surface area (Å²) in [5, 5.41) is 3.80. The van der Waals surface area contributed by atoms with Crippen molar-refractivity contribution in [3.63, 3.8) is 0 Å². The molecule has 0 bridgehead atoms. The summed E-state index contributed by atoms with van der Waals surface area (Å²) in [5.41, 5.74) is 3.63. The van der Waals surface area contributed by atoms with Gasteiger partial charge in [-0.25, -0.2) is 4.98 Å². The van der Waals surface area contributed by atoms with Crippen LogP contribution in [0.2, 0.25) is 0 Å². The van der Waals surface area contributed by atoms with Crippen molar-refractivity contribution in [2.24, 2.45) is 0 Å². The topological polar surface area (TPSA) is 45.8 Å². The van der Waals surface area contributed by atoms with E-state index in [0.29, 0.717) is 5.39 Å². The molecule has 0 spiro atoms. The summed E-state index contributed by atoms with van der Waals surface area (Å²) in [4.78, 5) is 20.6. The van der Waals surface area contributed by atoms with Crippen LogP contribution >= 0.6 is 0 Å². The molecule has 2 aromatic heterocycles. The Labute approximate surface area is 119 Å². The largest absolute Gasteiger partial charge is 0.353 e. The number of aromatic nitrogens is 2. The Hall–Kier alpha value is -2.94. The van der Waals surface area contributed by atoms with Crippen LogP contribution < -0.4 is 5.43 Å².